The number of methoxy groups -OCH3 is 1. The minimum absolute atomic E-state index is 0.406. The lowest BCUT2D eigenvalue weighted by Crippen LogP contribution is -2.19. The van der Waals surface area contributed by atoms with E-state index in [0.717, 1.165) is 29.0 Å². The summed E-state index contributed by atoms with van der Waals surface area (Å²) in [7, 11) is 1.60. The number of hydrogen-bond acceptors (Lipinski definition) is 4. The molecule has 0 saturated heterocycles. The van der Waals surface area contributed by atoms with Crippen molar-refractivity contribution >= 4 is 21.7 Å². The van der Waals surface area contributed by atoms with Gasteiger partial charge < -0.3 is 10.1 Å². The quantitative estimate of drug-likeness (QED) is 0.904. The van der Waals surface area contributed by atoms with Gasteiger partial charge in [0.15, 0.2) is 5.82 Å². The number of aryl methyl sites for hydroxylation is 1. The molecule has 0 aromatic carbocycles. The lowest BCUT2D eigenvalue weighted by Gasteiger charge is -2.17. The van der Waals surface area contributed by atoms with Crippen molar-refractivity contribution in [2.24, 2.45) is 0 Å². The summed E-state index contributed by atoms with van der Waals surface area (Å²) in [6.07, 6.45) is 2.10. The number of rotatable bonds is 5. The van der Waals surface area contributed by atoms with Crippen LogP contribution < -0.4 is 10.1 Å². The lowest BCUT2D eigenvalue weighted by molar-refractivity contribution is 0.395. The van der Waals surface area contributed by atoms with Gasteiger partial charge in [0.1, 0.15) is 4.60 Å². The maximum atomic E-state index is 5.20. The van der Waals surface area contributed by atoms with Crippen molar-refractivity contribution in [3.8, 4) is 5.88 Å². The van der Waals surface area contributed by atoms with Crippen LogP contribution in [0.2, 0.25) is 0 Å². The minimum atomic E-state index is 0.406. The van der Waals surface area contributed by atoms with E-state index >= 15 is 0 Å². The van der Waals surface area contributed by atoms with Gasteiger partial charge in [-0.1, -0.05) is 13.8 Å². The summed E-state index contributed by atoms with van der Waals surface area (Å²) in [5, 5.41) is 3.35. The van der Waals surface area contributed by atoms with Crippen molar-refractivity contribution in [3.63, 3.8) is 0 Å². The Morgan fingerprint density at radius 3 is 2.44 bits per heavy atom. The second kappa shape index (κ2) is 6.03. The highest BCUT2D eigenvalue weighted by Crippen LogP contribution is 2.25. The van der Waals surface area contributed by atoms with Crippen LogP contribution in [-0.2, 0) is 0 Å². The van der Waals surface area contributed by atoms with E-state index in [-0.39, 0.29) is 0 Å². The summed E-state index contributed by atoms with van der Waals surface area (Å²) in [6.45, 7) is 6.20. The van der Waals surface area contributed by atoms with Gasteiger partial charge in [-0.2, -0.15) is 0 Å². The van der Waals surface area contributed by atoms with Crippen molar-refractivity contribution in [1.82, 2.24) is 9.97 Å². The van der Waals surface area contributed by atoms with E-state index in [2.05, 4.69) is 45.1 Å². The molecule has 0 fully saturated rings. The fraction of sp³-hybridized carbons (Fsp3) is 0.636. The Balaban J connectivity index is 2.97. The van der Waals surface area contributed by atoms with Crippen LogP contribution in [0.4, 0.5) is 5.82 Å². The Hall–Kier alpha value is -0.840. The number of halogens is 1. The number of aromatic nitrogens is 2. The lowest BCUT2D eigenvalue weighted by atomic mass is 10.2. The van der Waals surface area contributed by atoms with Gasteiger partial charge in [-0.05, 0) is 35.7 Å². The Morgan fingerprint density at radius 1 is 1.31 bits per heavy atom. The van der Waals surface area contributed by atoms with Crippen LogP contribution in [0.15, 0.2) is 4.60 Å². The molecule has 0 aliphatic heterocycles. The first-order valence-corrected chi connectivity index (χ1v) is 6.26. The molecule has 1 heterocycles. The van der Waals surface area contributed by atoms with E-state index in [1.165, 1.54) is 0 Å². The van der Waals surface area contributed by atoms with E-state index in [9.17, 15) is 0 Å². The van der Waals surface area contributed by atoms with Crippen LogP contribution in [0, 0.1) is 6.92 Å². The number of nitrogens with one attached hydrogen (secondary N) is 1. The molecule has 1 N–H and O–H groups in total. The summed E-state index contributed by atoms with van der Waals surface area (Å²) in [6, 6.07) is 0.406. The topological polar surface area (TPSA) is 47.0 Å². The molecule has 1 aromatic heterocycles. The third kappa shape index (κ3) is 3.07. The first-order valence-electron chi connectivity index (χ1n) is 5.47. The van der Waals surface area contributed by atoms with Crippen molar-refractivity contribution in [2.45, 2.75) is 39.7 Å². The maximum Gasteiger partial charge on any atom is 0.258 e. The molecule has 0 unspecified atom stereocenters. The zero-order valence-corrected chi connectivity index (χ0v) is 11.8. The second-order valence-electron chi connectivity index (χ2n) is 3.62. The standard InChI is InChI=1S/C11H18BrN3O/c1-5-8(6-2)14-10-11(16-4)15-9(12)7(3)13-10/h8H,5-6H2,1-4H3,(H,13,14). The van der Waals surface area contributed by atoms with E-state index in [1.807, 2.05) is 6.92 Å². The zero-order valence-electron chi connectivity index (χ0n) is 10.2. The zero-order chi connectivity index (χ0) is 12.1. The molecule has 1 aromatic rings. The van der Waals surface area contributed by atoms with Crippen LogP contribution in [0.1, 0.15) is 32.4 Å². The van der Waals surface area contributed by atoms with Gasteiger partial charge >= 0.3 is 0 Å². The van der Waals surface area contributed by atoms with Gasteiger partial charge in [0.25, 0.3) is 5.88 Å². The van der Waals surface area contributed by atoms with E-state index in [1.54, 1.807) is 7.11 Å². The molecule has 0 radical (unpaired) electrons. The smallest absolute Gasteiger partial charge is 0.258 e. The molecule has 0 aliphatic carbocycles. The first kappa shape index (κ1) is 13.2. The summed E-state index contributed by atoms with van der Waals surface area (Å²) in [4.78, 5) is 8.72. The highest BCUT2D eigenvalue weighted by atomic mass is 79.9. The molecular formula is C11H18BrN3O. The Bertz CT molecular complexity index is 353. The van der Waals surface area contributed by atoms with Crippen LogP contribution in [0.25, 0.3) is 0 Å². The van der Waals surface area contributed by atoms with Gasteiger partial charge in [-0.15, -0.1) is 0 Å². The molecular weight excluding hydrogens is 270 g/mol. The van der Waals surface area contributed by atoms with Gasteiger partial charge in [0.2, 0.25) is 0 Å². The highest BCUT2D eigenvalue weighted by molar-refractivity contribution is 9.10. The molecule has 0 spiro atoms. The van der Waals surface area contributed by atoms with Gasteiger partial charge in [-0.3, -0.25) is 0 Å². The Labute approximate surface area is 105 Å². The van der Waals surface area contributed by atoms with Crippen molar-refractivity contribution < 1.29 is 4.74 Å². The average molecular weight is 288 g/mol. The monoisotopic (exact) mass is 287 g/mol. The third-order valence-corrected chi connectivity index (χ3v) is 3.25. The predicted molar refractivity (Wildman–Crippen MR) is 69.0 cm³/mol. The van der Waals surface area contributed by atoms with Gasteiger partial charge in [0, 0.05) is 6.04 Å². The average Bonchev–Trinajstić information content (AvgIpc) is 2.29. The molecule has 0 amide bonds. The third-order valence-electron chi connectivity index (χ3n) is 2.50. The van der Waals surface area contributed by atoms with Crippen LogP contribution in [-0.4, -0.2) is 23.1 Å². The van der Waals surface area contributed by atoms with Crippen molar-refractivity contribution in [3.05, 3.63) is 10.3 Å². The molecule has 90 valence electrons. The fourth-order valence-corrected chi connectivity index (χ4v) is 1.66. The summed E-state index contributed by atoms with van der Waals surface area (Å²) < 4.78 is 5.93. The van der Waals surface area contributed by atoms with E-state index in [4.69, 9.17) is 4.74 Å². The van der Waals surface area contributed by atoms with Crippen molar-refractivity contribution in [1.29, 1.82) is 0 Å². The minimum Gasteiger partial charge on any atom is -0.478 e. The van der Waals surface area contributed by atoms with Crippen molar-refractivity contribution in [2.75, 3.05) is 12.4 Å². The molecule has 0 bridgehead atoms. The largest absolute Gasteiger partial charge is 0.478 e. The van der Waals surface area contributed by atoms with E-state index in [0.29, 0.717) is 11.9 Å². The number of nitrogens with zero attached hydrogens (tertiary/aromatic N) is 2. The summed E-state index contributed by atoms with van der Waals surface area (Å²) >= 11 is 3.34. The van der Waals surface area contributed by atoms with Crippen LogP contribution in [0.3, 0.4) is 0 Å². The van der Waals surface area contributed by atoms with E-state index < -0.39 is 0 Å². The molecule has 0 atom stereocenters. The fourth-order valence-electron chi connectivity index (χ4n) is 1.41. The Kier molecular flexibility index (Phi) is 4.99. The van der Waals surface area contributed by atoms with Crippen LogP contribution in [0.5, 0.6) is 5.88 Å². The number of hydrogen-bond donors (Lipinski definition) is 1. The summed E-state index contributed by atoms with van der Waals surface area (Å²) in [5.41, 5.74) is 0.856. The van der Waals surface area contributed by atoms with Crippen LogP contribution >= 0.6 is 15.9 Å². The van der Waals surface area contributed by atoms with Gasteiger partial charge in [0.05, 0.1) is 12.8 Å². The highest BCUT2D eigenvalue weighted by Gasteiger charge is 2.13. The number of ether oxygens (including phenoxy) is 1. The summed E-state index contributed by atoms with van der Waals surface area (Å²) in [5.74, 6) is 1.25. The maximum absolute atomic E-state index is 5.20. The molecule has 0 saturated carbocycles. The SMILES string of the molecule is CCC(CC)Nc1nc(C)c(Br)nc1OC. The second-order valence-corrected chi connectivity index (χ2v) is 4.37. The molecule has 1 rings (SSSR count). The molecule has 5 heteroatoms. The number of anilines is 1. The van der Waals surface area contributed by atoms with Gasteiger partial charge in [-0.25, -0.2) is 9.97 Å². The Morgan fingerprint density at radius 2 is 1.94 bits per heavy atom. The molecule has 16 heavy (non-hydrogen) atoms. The molecule has 0 aliphatic rings. The molecule has 4 nitrogen and oxygen atoms in total. The first-order chi connectivity index (χ1) is 7.62. The predicted octanol–water partition coefficient (Wildman–Crippen LogP) is 3.16. The normalized spacial score (nSPS) is 10.6.